The summed E-state index contributed by atoms with van der Waals surface area (Å²) in [4.78, 5) is 11.3. The molecule has 1 aromatic carbocycles. The summed E-state index contributed by atoms with van der Waals surface area (Å²) in [6.45, 7) is 5.69. The van der Waals surface area contributed by atoms with Crippen molar-refractivity contribution in [3.8, 4) is 5.69 Å². The van der Waals surface area contributed by atoms with Gasteiger partial charge in [-0.2, -0.15) is 10.1 Å². The third kappa shape index (κ3) is 4.01. The predicted octanol–water partition coefficient (Wildman–Crippen LogP) is 3.48. The van der Waals surface area contributed by atoms with Crippen molar-refractivity contribution in [1.29, 1.82) is 0 Å². The molecule has 0 spiro atoms. The topological polar surface area (TPSA) is 128 Å². The largest absolute Gasteiger partial charge is 0.350 e. The van der Waals surface area contributed by atoms with Crippen LogP contribution in [0.1, 0.15) is 50.0 Å². The lowest BCUT2D eigenvalue weighted by molar-refractivity contribution is 0.385. The lowest BCUT2D eigenvalue weighted by Crippen LogP contribution is -2.33. The molecule has 5 aromatic rings. The Hall–Kier alpha value is -4.42. The zero-order valence-corrected chi connectivity index (χ0v) is 19.8. The monoisotopic (exact) mass is 489 g/mol. The van der Waals surface area contributed by atoms with Crippen molar-refractivity contribution < 1.29 is 8.91 Å². The highest BCUT2D eigenvalue weighted by molar-refractivity contribution is 5.74. The van der Waals surface area contributed by atoms with E-state index in [1.807, 2.05) is 24.6 Å². The average molecular weight is 490 g/mol. The smallest absolute Gasteiger partial charge is 0.324 e. The van der Waals surface area contributed by atoms with E-state index < -0.39 is 5.82 Å². The van der Waals surface area contributed by atoms with E-state index in [4.69, 9.17) is 4.52 Å². The minimum atomic E-state index is -0.432. The molecule has 1 N–H and O–H groups in total. The summed E-state index contributed by atoms with van der Waals surface area (Å²) < 4.78 is 23.5. The van der Waals surface area contributed by atoms with E-state index in [9.17, 15) is 4.39 Å². The van der Waals surface area contributed by atoms with E-state index in [1.165, 1.54) is 17.1 Å². The second-order valence-corrected chi connectivity index (χ2v) is 9.06. The number of aromatic nitrogens is 9. The van der Waals surface area contributed by atoms with Crippen molar-refractivity contribution in [3.05, 3.63) is 60.3 Å². The molecule has 0 aliphatic carbocycles. The van der Waals surface area contributed by atoms with Gasteiger partial charge in [-0.25, -0.2) is 18.6 Å². The summed E-state index contributed by atoms with van der Waals surface area (Å²) >= 11 is 0. The molecule has 1 aliphatic heterocycles. The molecular formula is C23H24FN11O. The SMILES string of the molecule is CC(C)c1noc(N2CCC(c3cnc4c(Nc5ccc(-n6cnnn6)cc5F)ccnn34)CC2)n1. The Kier molecular flexibility index (Phi) is 5.51. The number of halogens is 1. The molecule has 5 heterocycles. The van der Waals surface area contributed by atoms with Crippen LogP contribution in [0.2, 0.25) is 0 Å². The van der Waals surface area contributed by atoms with Crippen LogP contribution in [0, 0.1) is 5.82 Å². The first-order chi connectivity index (χ1) is 17.6. The third-order valence-electron chi connectivity index (χ3n) is 6.40. The maximum Gasteiger partial charge on any atom is 0.324 e. The highest BCUT2D eigenvalue weighted by Gasteiger charge is 2.27. The van der Waals surface area contributed by atoms with Gasteiger partial charge in [-0.05, 0) is 41.5 Å². The molecule has 184 valence electrons. The number of anilines is 3. The lowest BCUT2D eigenvalue weighted by Gasteiger charge is -2.30. The Labute approximate surface area is 205 Å². The molecule has 13 heteroatoms. The molecule has 1 fully saturated rings. The molecule has 0 radical (unpaired) electrons. The lowest BCUT2D eigenvalue weighted by atomic mass is 9.94. The number of hydrogen-bond donors (Lipinski definition) is 1. The molecule has 0 amide bonds. The Morgan fingerprint density at radius 3 is 2.72 bits per heavy atom. The number of imidazole rings is 1. The highest BCUT2D eigenvalue weighted by atomic mass is 19.1. The number of hydrogen-bond acceptors (Lipinski definition) is 10. The van der Waals surface area contributed by atoms with Gasteiger partial charge in [0.05, 0.1) is 35.1 Å². The number of benzene rings is 1. The van der Waals surface area contributed by atoms with Gasteiger partial charge in [0, 0.05) is 31.0 Å². The standard InChI is InChI=1S/C23H24FN11O/c1-14(2)21-29-23(36-30-21)33-9-6-15(7-10-33)20-12-25-22-19(5-8-27-35(20)22)28-18-4-3-16(11-17(18)24)34-13-26-31-32-34/h3-5,8,11-15,28H,6-7,9-10H2,1-2H3. The number of piperidine rings is 1. The van der Waals surface area contributed by atoms with Crippen molar-refractivity contribution in [2.24, 2.45) is 0 Å². The summed E-state index contributed by atoms with van der Waals surface area (Å²) in [7, 11) is 0. The summed E-state index contributed by atoms with van der Waals surface area (Å²) in [5, 5.41) is 22.7. The van der Waals surface area contributed by atoms with Crippen LogP contribution < -0.4 is 10.2 Å². The fourth-order valence-corrected chi connectivity index (χ4v) is 4.42. The molecule has 0 unspecified atom stereocenters. The van der Waals surface area contributed by atoms with Crippen molar-refractivity contribution in [3.63, 3.8) is 0 Å². The van der Waals surface area contributed by atoms with Gasteiger partial charge in [-0.3, -0.25) is 0 Å². The van der Waals surface area contributed by atoms with Gasteiger partial charge in [0.25, 0.3) is 0 Å². The second-order valence-electron chi connectivity index (χ2n) is 9.06. The number of fused-ring (bicyclic) bond motifs is 1. The van der Waals surface area contributed by atoms with Crippen LogP contribution in [0.25, 0.3) is 11.3 Å². The third-order valence-corrected chi connectivity index (χ3v) is 6.40. The van der Waals surface area contributed by atoms with E-state index >= 15 is 0 Å². The quantitative estimate of drug-likeness (QED) is 0.378. The van der Waals surface area contributed by atoms with Crippen molar-refractivity contribution in [2.75, 3.05) is 23.3 Å². The fourth-order valence-electron chi connectivity index (χ4n) is 4.42. The zero-order valence-electron chi connectivity index (χ0n) is 19.8. The molecule has 1 aliphatic rings. The van der Waals surface area contributed by atoms with Gasteiger partial charge >= 0.3 is 6.01 Å². The van der Waals surface area contributed by atoms with Gasteiger partial charge < -0.3 is 14.7 Å². The Morgan fingerprint density at radius 2 is 2.00 bits per heavy atom. The highest BCUT2D eigenvalue weighted by Crippen LogP contribution is 2.32. The van der Waals surface area contributed by atoms with Crippen molar-refractivity contribution >= 4 is 23.0 Å². The first-order valence-corrected chi connectivity index (χ1v) is 11.8. The van der Waals surface area contributed by atoms with Crippen molar-refractivity contribution in [1.82, 2.24) is 44.9 Å². The van der Waals surface area contributed by atoms with Crippen LogP contribution in [0.5, 0.6) is 0 Å². The van der Waals surface area contributed by atoms with Gasteiger partial charge in [0.2, 0.25) is 0 Å². The molecule has 1 saturated heterocycles. The maximum absolute atomic E-state index is 14.8. The van der Waals surface area contributed by atoms with Crippen LogP contribution in [0.15, 0.2) is 47.5 Å². The second kappa shape index (κ2) is 8.98. The van der Waals surface area contributed by atoms with Gasteiger partial charge in [0.1, 0.15) is 12.1 Å². The number of tetrazole rings is 1. The predicted molar refractivity (Wildman–Crippen MR) is 128 cm³/mol. The van der Waals surface area contributed by atoms with Gasteiger partial charge in [-0.1, -0.05) is 19.0 Å². The van der Waals surface area contributed by atoms with Crippen LogP contribution in [0.4, 0.5) is 21.8 Å². The van der Waals surface area contributed by atoms with Crippen LogP contribution >= 0.6 is 0 Å². The first-order valence-electron chi connectivity index (χ1n) is 11.8. The molecule has 0 saturated carbocycles. The molecule has 4 aromatic heterocycles. The fraction of sp³-hybridized carbons (Fsp3) is 0.348. The minimum absolute atomic E-state index is 0.226. The summed E-state index contributed by atoms with van der Waals surface area (Å²) in [6, 6.07) is 7.11. The van der Waals surface area contributed by atoms with Crippen molar-refractivity contribution in [2.45, 2.75) is 38.5 Å². The van der Waals surface area contributed by atoms with Crippen LogP contribution in [-0.2, 0) is 0 Å². The van der Waals surface area contributed by atoms with E-state index in [0.717, 1.165) is 37.4 Å². The molecule has 0 atom stereocenters. The number of rotatable bonds is 6. The first kappa shape index (κ1) is 22.1. The van der Waals surface area contributed by atoms with Gasteiger partial charge in [0.15, 0.2) is 11.5 Å². The van der Waals surface area contributed by atoms with Crippen LogP contribution in [-0.4, -0.2) is 58.0 Å². The van der Waals surface area contributed by atoms with E-state index in [0.29, 0.717) is 28.7 Å². The summed E-state index contributed by atoms with van der Waals surface area (Å²) in [5.74, 6) is 0.793. The molecule has 6 rings (SSSR count). The van der Waals surface area contributed by atoms with E-state index in [1.54, 1.807) is 24.4 Å². The number of nitrogens with one attached hydrogen (secondary N) is 1. The zero-order chi connectivity index (χ0) is 24.6. The molecule has 36 heavy (non-hydrogen) atoms. The Bertz CT molecular complexity index is 1490. The van der Waals surface area contributed by atoms with E-state index in [2.05, 4.69) is 46.0 Å². The number of nitrogens with zero attached hydrogens (tertiary/aromatic N) is 10. The van der Waals surface area contributed by atoms with Crippen LogP contribution in [0.3, 0.4) is 0 Å². The molecule has 0 bridgehead atoms. The summed E-state index contributed by atoms with van der Waals surface area (Å²) in [6.07, 6.45) is 6.76. The molecular weight excluding hydrogens is 465 g/mol. The Morgan fingerprint density at radius 1 is 1.14 bits per heavy atom. The summed E-state index contributed by atoms with van der Waals surface area (Å²) in [5.41, 5.74) is 3.17. The van der Waals surface area contributed by atoms with E-state index in [-0.39, 0.29) is 11.8 Å². The average Bonchev–Trinajstić information content (AvgIpc) is 3.66. The molecule has 12 nitrogen and oxygen atoms in total. The maximum atomic E-state index is 14.8. The minimum Gasteiger partial charge on any atom is -0.350 e. The Balaban J connectivity index is 1.19. The normalized spacial score (nSPS) is 14.7. The van der Waals surface area contributed by atoms with Gasteiger partial charge in [-0.15, -0.1) is 5.10 Å².